The fourth-order valence-electron chi connectivity index (χ4n) is 5.19. The highest BCUT2D eigenvalue weighted by atomic mass is 16.5. The maximum Gasteiger partial charge on any atom is 0.315 e. The predicted octanol–water partition coefficient (Wildman–Crippen LogP) is 5.25. The number of nitrogens with zero attached hydrogens (tertiary/aromatic N) is 4. The number of fused-ring (bicyclic) bond motifs is 1. The molecule has 0 saturated heterocycles. The van der Waals surface area contributed by atoms with E-state index >= 15 is 0 Å². The SMILES string of the molecule is CCOC(=O)C1(COc2ccc3cc(C(C(C)N(C)C(C)C)n4ccnn4)ccc3c2)CCCC1. The lowest BCUT2D eigenvalue weighted by atomic mass is 9.87. The molecule has 0 aliphatic heterocycles. The third kappa shape index (κ3) is 5.35. The maximum absolute atomic E-state index is 12.6. The summed E-state index contributed by atoms with van der Waals surface area (Å²) >= 11 is 0. The van der Waals surface area contributed by atoms with Gasteiger partial charge in [0.1, 0.15) is 17.8 Å². The molecule has 0 N–H and O–H groups in total. The van der Waals surface area contributed by atoms with Crippen molar-refractivity contribution in [1.82, 2.24) is 19.9 Å². The summed E-state index contributed by atoms with van der Waals surface area (Å²) < 4.78 is 13.5. The number of carbonyl (C=O) groups excluding carboxylic acids is 1. The minimum atomic E-state index is -0.515. The van der Waals surface area contributed by atoms with Crippen LogP contribution in [0.15, 0.2) is 48.8 Å². The fraction of sp³-hybridized carbons (Fsp3) is 0.536. The zero-order valence-corrected chi connectivity index (χ0v) is 21.6. The molecule has 1 aliphatic carbocycles. The van der Waals surface area contributed by atoms with Crippen LogP contribution in [0.25, 0.3) is 10.8 Å². The number of hydrogen-bond acceptors (Lipinski definition) is 6. The molecule has 0 bridgehead atoms. The van der Waals surface area contributed by atoms with Crippen LogP contribution in [0.5, 0.6) is 5.75 Å². The molecule has 1 saturated carbocycles. The van der Waals surface area contributed by atoms with Gasteiger partial charge in [0.2, 0.25) is 0 Å². The van der Waals surface area contributed by atoms with Crippen LogP contribution in [-0.4, -0.2) is 58.2 Å². The number of benzene rings is 2. The number of hydrogen-bond donors (Lipinski definition) is 0. The molecule has 2 unspecified atom stereocenters. The van der Waals surface area contributed by atoms with Crippen LogP contribution in [-0.2, 0) is 9.53 Å². The summed E-state index contributed by atoms with van der Waals surface area (Å²) in [5.74, 6) is 0.657. The van der Waals surface area contributed by atoms with E-state index in [0.29, 0.717) is 19.3 Å². The van der Waals surface area contributed by atoms with Crippen molar-refractivity contribution in [1.29, 1.82) is 0 Å². The van der Waals surface area contributed by atoms with E-state index < -0.39 is 5.41 Å². The van der Waals surface area contributed by atoms with Gasteiger partial charge in [-0.1, -0.05) is 36.3 Å². The van der Waals surface area contributed by atoms with Crippen LogP contribution in [0.3, 0.4) is 0 Å². The molecule has 2 aromatic carbocycles. The largest absolute Gasteiger partial charge is 0.492 e. The number of ether oxygens (including phenoxy) is 2. The molecular weight excluding hydrogens is 440 g/mol. The van der Waals surface area contributed by atoms with E-state index in [-0.39, 0.29) is 18.1 Å². The molecule has 188 valence electrons. The smallest absolute Gasteiger partial charge is 0.315 e. The van der Waals surface area contributed by atoms with Gasteiger partial charge in [0.15, 0.2) is 0 Å². The van der Waals surface area contributed by atoms with Crippen molar-refractivity contribution in [3.05, 3.63) is 54.4 Å². The second kappa shape index (κ2) is 10.8. The number of carbonyl (C=O) groups is 1. The van der Waals surface area contributed by atoms with Gasteiger partial charge in [-0.05, 0) is 82.1 Å². The van der Waals surface area contributed by atoms with Crippen LogP contribution in [0.2, 0.25) is 0 Å². The van der Waals surface area contributed by atoms with Crippen molar-refractivity contribution in [2.75, 3.05) is 20.3 Å². The Bertz CT molecular complexity index is 1120. The van der Waals surface area contributed by atoms with E-state index in [1.54, 1.807) is 6.20 Å². The quantitative estimate of drug-likeness (QED) is 0.371. The van der Waals surface area contributed by atoms with Gasteiger partial charge in [-0.15, -0.1) is 5.10 Å². The predicted molar refractivity (Wildman–Crippen MR) is 137 cm³/mol. The zero-order chi connectivity index (χ0) is 25.0. The first-order chi connectivity index (χ1) is 16.8. The molecule has 2 atom stereocenters. The average molecular weight is 479 g/mol. The van der Waals surface area contributed by atoms with E-state index in [1.165, 1.54) is 5.56 Å². The summed E-state index contributed by atoms with van der Waals surface area (Å²) in [6.45, 7) is 9.26. The first-order valence-electron chi connectivity index (χ1n) is 12.8. The molecule has 35 heavy (non-hydrogen) atoms. The van der Waals surface area contributed by atoms with Gasteiger partial charge in [0.05, 0.1) is 18.8 Å². The molecule has 7 nitrogen and oxygen atoms in total. The van der Waals surface area contributed by atoms with Crippen molar-refractivity contribution in [3.8, 4) is 5.75 Å². The van der Waals surface area contributed by atoms with Gasteiger partial charge in [-0.25, -0.2) is 4.68 Å². The van der Waals surface area contributed by atoms with E-state index in [1.807, 2.05) is 23.9 Å². The van der Waals surface area contributed by atoms with Gasteiger partial charge in [-0.3, -0.25) is 9.69 Å². The van der Waals surface area contributed by atoms with Crippen LogP contribution in [0.4, 0.5) is 0 Å². The Hall–Kier alpha value is -2.93. The molecule has 1 aliphatic rings. The molecule has 3 aromatic rings. The standard InChI is InChI=1S/C28H38N4O3/c1-6-34-27(33)28(13-7-8-14-28)19-35-25-12-11-22-17-24(10-9-23(22)18-25)26(32-16-15-29-30-32)21(4)31(5)20(2)3/h9-12,15-18,20-21,26H,6-8,13-14,19H2,1-5H3. The highest BCUT2D eigenvalue weighted by Crippen LogP contribution is 2.40. The summed E-state index contributed by atoms with van der Waals surface area (Å²) in [5, 5.41) is 10.6. The highest BCUT2D eigenvalue weighted by molar-refractivity contribution is 5.84. The number of aromatic nitrogens is 3. The van der Waals surface area contributed by atoms with E-state index in [9.17, 15) is 4.79 Å². The summed E-state index contributed by atoms with van der Waals surface area (Å²) in [6.07, 6.45) is 7.40. The summed E-state index contributed by atoms with van der Waals surface area (Å²) in [6, 6.07) is 13.4. The fourth-order valence-corrected chi connectivity index (χ4v) is 5.19. The number of likely N-dealkylation sites (N-methyl/N-ethyl adjacent to an activating group) is 1. The van der Waals surface area contributed by atoms with Gasteiger partial charge in [0, 0.05) is 18.3 Å². The number of rotatable bonds is 10. The maximum atomic E-state index is 12.6. The summed E-state index contributed by atoms with van der Waals surface area (Å²) in [7, 11) is 2.15. The van der Waals surface area contributed by atoms with Gasteiger partial charge in [0.25, 0.3) is 0 Å². The van der Waals surface area contributed by atoms with E-state index in [2.05, 4.69) is 73.4 Å². The molecule has 1 aromatic heterocycles. The lowest BCUT2D eigenvalue weighted by Gasteiger charge is -2.34. The van der Waals surface area contributed by atoms with Crippen molar-refractivity contribution in [2.24, 2.45) is 5.41 Å². The monoisotopic (exact) mass is 478 g/mol. The third-order valence-electron chi connectivity index (χ3n) is 7.60. The van der Waals surface area contributed by atoms with Crippen LogP contribution >= 0.6 is 0 Å². The normalized spacial score (nSPS) is 17.1. The van der Waals surface area contributed by atoms with Gasteiger partial charge in [-0.2, -0.15) is 0 Å². The van der Waals surface area contributed by atoms with E-state index in [4.69, 9.17) is 9.47 Å². The first-order valence-corrected chi connectivity index (χ1v) is 12.8. The van der Waals surface area contributed by atoms with Gasteiger partial charge >= 0.3 is 5.97 Å². The second-order valence-corrected chi connectivity index (χ2v) is 10.1. The Morgan fingerprint density at radius 2 is 1.83 bits per heavy atom. The molecule has 0 radical (unpaired) electrons. The Morgan fingerprint density at radius 3 is 2.49 bits per heavy atom. The Kier molecular flexibility index (Phi) is 7.75. The highest BCUT2D eigenvalue weighted by Gasteiger charge is 2.43. The van der Waals surface area contributed by atoms with Crippen molar-refractivity contribution < 1.29 is 14.3 Å². The Labute approximate surface area is 208 Å². The molecule has 4 rings (SSSR count). The lowest BCUT2D eigenvalue weighted by molar-refractivity contribution is -0.157. The minimum Gasteiger partial charge on any atom is -0.492 e. The van der Waals surface area contributed by atoms with Crippen LogP contribution in [0, 0.1) is 5.41 Å². The summed E-state index contributed by atoms with van der Waals surface area (Å²) in [5.41, 5.74) is 0.669. The van der Waals surface area contributed by atoms with Gasteiger partial charge < -0.3 is 9.47 Å². The van der Waals surface area contributed by atoms with Crippen LogP contribution in [0.1, 0.15) is 65.0 Å². The molecule has 1 heterocycles. The number of esters is 1. The molecule has 0 amide bonds. The zero-order valence-electron chi connectivity index (χ0n) is 21.6. The minimum absolute atomic E-state index is 0.0389. The third-order valence-corrected chi connectivity index (χ3v) is 7.60. The molecule has 7 heteroatoms. The topological polar surface area (TPSA) is 69.5 Å². The van der Waals surface area contributed by atoms with Crippen molar-refractivity contribution in [3.63, 3.8) is 0 Å². The van der Waals surface area contributed by atoms with Crippen molar-refractivity contribution in [2.45, 2.75) is 71.5 Å². The van der Waals surface area contributed by atoms with Crippen LogP contribution < -0.4 is 4.74 Å². The lowest BCUT2D eigenvalue weighted by Crippen LogP contribution is -2.41. The van der Waals surface area contributed by atoms with E-state index in [0.717, 1.165) is 42.2 Å². The summed E-state index contributed by atoms with van der Waals surface area (Å²) in [4.78, 5) is 15.0. The van der Waals surface area contributed by atoms with Crippen molar-refractivity contribution >= 4 is 16.7 Å². The first kappa shape index (κ1) is 25.2. The Morgan fingerprint density at radius 1 is 1.11 bits per heavy atom. The molecular formula is C28H38N4O3. The molecule has 0 spiro atoms. The Balaban J connectivity index is 1.57. The molecule has 1 fully saturated rings. The second-order valence-electron chi connectivity index (χ2n) is 10.1. The average Bonchev–Trinajstić information content (AvgIpc) is 3.56.